The SMILES string of the molecule is CC(=O)OCCn1c(O)cc(C)c(C#N)c1=O. The molecule has 0 radical (unpaired) electrons. The van der Waals surface area contributed by atoms with E-state index in [1.165, 1.54) is 13.0 Å². The highest BCUT2D eigenvalue weighted by molar-refractivity contribution is 5.65. The summed E-state index contributed by atoms with van der Waals surface area (Å²) in [6.07, 6.45) is 0. The fourth-order valence-electron chi connectivity index (χ4n) is 1.38. The van der Waals surface area contributed by atoms with Gasteiger partial charge in [-0.15, -0.1) is 0 Å². The van der Waals surface area contributed by atoms with Crippen molar-refractivity contribution >= 4 is 5.97 Å². The fourth-order valence-corrected chi connectivity index (χ4v) is 1.38. The van der Waals surface area contributed by atoms with Crippen molar-refractivity contribution in [2.75, 3.05) is 6.61 Å². The van der Waals surface area contributed by atoms with E-state index < -0.39 is 11.5 Å². The molecule has 0 saturated heterocycles. The predicted molar refractivity (Wildman–Crippen MR) is 58.5 cm³/mol. The molecular formula is C11H12N2O4. The van der Waals surface area contributed by atoms with E-state index in [0.29, 0.717) is 5.56 Å². The van der Waals surface area contributed by atoms with Gasteiger partial charge in [-0.1, -0.05) is 0 Å². The van der Waals surface area contributed by atoms with Crippen LogP contribution in [0, 0.1) is 18.3 Å². The predicted octanol–water partition coefficient (Wildman–Crippen LogP) is 0.297. The maximum Gasteiger partial charge on any atom is 0.302 e. The third-order valence-corrected chi connectivity index (χ3v) is 2.21. The van der Waals surface area contributed by atoms with Crippen molar-refractivity contribution in [3.05, 3.63) is 27.5 Å². The highest BCUT2D eigenvalue weighted by Gasteiger charge is 2.11. The average molecular weight is 236 g/mol. The van der Waals surface area contributed by atoms with Crippen molar-refractivity contribution in [1.82, 2.24) is 4.57 Å². The topological polar surface area (TPSA) is 92.3 Å². The molecule has 0 bridgehead atoms. The number of aryl methyl sites for hydroxylation is 1. The lowest BCUT2D eigenvalue weighted by molar-refractivity contribution is -0.141. The van der Waals surface area contributed by atoms with Crippen LogP contribution < -0.4 is 5.56 Å². The molecule has 0 atom stereocenters. The first-order valence-electron chi connectivity index (χ1n) is 4.94. The summed E-state index contributed by atoms with van der Waals surface area (Å²) in [5.74, 6) is -0.719. The van der Waals surface area contributed by atoms with Crippen molar-refractivity contribution in [2.45, 2.75) is 20.4 Å². The van der Waals surface area contributed by atoms with Gasteiger partial charge in [-0.2, -0.15) is 5.26 Å². The van der Waals surface area contributed by atoms with Gasteiger partial charge in [0, 0.05) is 13.0 Å². The van der Waals surface area contributed by atoms with E-state index in [-0.39, 0.29) is 24.6 Å². The van der Waals surface area contributed by atoms with Gasteiger partial charge in [-0.3, -0.25) is 14.2 Å². The molecule has 0 saturated carbocycles. The molecule has 0 aliphatic rings. The quantitative estimate of drug-likeness (QED) is 0.762. The second kappa shape index (κ2) is 5.16. The summed E-state index contributed by atoms with van der Waals surface area (Å²) in [7, 11) is 0. The Morgan fingerprint density at radius 1 is 1.65 bits per heavy atom. The van der Waals surface area contributed by atoms with E-state index in [4.69, 9.17) is 5.26 Å². The van der Waals surface area contributed by atoms with Crippen LogP contribution in [0.5, 0.6) is 5.88 Å². The van der Waals surface area contributed by atoms with Crippen molar-refractivity contribution in [2.24, 2.45) is 0 Å². The molecule has 1 aromatic rings. The molecule has 1 N–H and O–H groups in total. The summed E-state index contributed by atoms with van der Waals surface area (Å²) in [6.45, 7) is 2.80. The van der Waals surface area contributed by atoms with Crippen LogP contribution in [0.15, 0.2) is 10.9 Å². The molecule has 0 spiro atoms. The van der Waals surface area contributed by atoms with Gasteiger partial charge in [0.15, 0.2) is 5.88 Å². The summed E-state index contributed by atoms with van der Waals surface area (Å²) >= 11 is 0. The first kappa shape index (κ1) is 12.8. The molecule has 0 fully saturated rings. The van der Waals surface area contributed by atoms with Crippen molar-refractivity contribution in [3.8, 4) is 11.9 Å². The van der Waals surface area contributed by atoms with Crippen LogP contribution in [0.4, 0.5) is 0 Å². The Labute approximate surface area is 97.7 Å². The summed E-state index contributed by atoms with van der Waals surface area (Å²) in [5, 5.41) is 18.4. The van der Waals surface area contributed by atoms with Crippen LogP contribution in [0.1, 0.15) is 18.1 Å². The fraction of sp³-hybridized carbons (Fsp3) is 0.364. The standard InChI is InChI=1S/C11H12N2O4/c1-7-5-10(15)13(3-4-17-8(2)14)11(16)9(7)6-12/h5,15H,3-4H2,1-2H3. The Bertz CT molecular complexity index is 540. The van der Waals surface area contributed by atoms with Crippen molar-refractivity contribution < 1.29 is 14.6 Å². The Balaban J connectivity index is 3.05. The van der Waals surface area contributed by atoms with Crippen LogP contribution in [-0.2, 0) is 16.1 Å². The zero-order chi connectivity index (χ0) is 13.0. The lowest BCUT2D eigenvalue weighted by Gasteiger charge is -2.10. The molecule has 1 rings (SSSR count). The molecule has 1 heterocycles. The molecule has 0 aliphatic carbocycles. The molecule has 90 valence electrons. The molecule has 6 nitrogen and oxygen atoms in total. The maximum atomic E-state index is 11.8. The zero-order valence-electron chi connectivity index (χ0n) is 9.56. The number of pyridine rings is 1. The number of aromatic nitrogens is 1. The molecule has 0 aliphatic heterocycles. The first-order valence-corrected chi connectivity index (χ1v) is 4.94. The molecule has 17 heavy (non-hydrogen) atoms. The van der Waals surface area contributed by atoms with Crippen molar-refractivity contribution in [3.63, 3.8) is 0 Å². The van der Waals surface area contributed by atoms with Crippen LogP contribution in [0.2, 0.25) is 0 Å². The van der Waals surface area contributed by atoms with E-state index in [0.717, 1.165) is 4.57 Å². The van der Waals surface area contributed by atoms with Gasteiger partial charge in [0.2, 0.25) is 0 Å². The number of nitrogens with zero attached hydrogens (tertiary/aromatic N) is 2. The maximum absolute atomic E-state index is 11.8. The summed E-state index contributed by atoms with van der Waals surface area (Å²) in [5.41, 5.74) is -0.193. The number of hydrogen-bond donors (Lipinski definition) is 1. The van der Waals surface area contributed by atoms with Crippen LogP contribution in [-0.4, -0.2) is 22.2 Å². The van der Waals surface area contributed by atoms with Gasteiger partial charge < -0.3 is 9.84 Å². The Hall–Kier alpha value is -2.29. The Morgan fingerprint density at radius 3 is 2.82 bits per heavy atom. The van der Waals surface area contributed by atoms with Gasteiger partial charge in [-0.25, -0.2) is 0 Å². The van der Waals surface area contributed by atoms with Gasteiger partial charge >= 0.3 is 5.97 Å². The number of hydrogen-bond acceptors (Lipinski definition) is 5. The largest absolute Gasteiger partial charge is 0.494 e. The molecule has 0 aromatic carbocycles. The zero-order valence-corrected chi connectivity index (χ0v) is 9.56. The summed E-state index contributed by atoms with van der Waals surface area (Å²) in [4.78, 5) is 22.3. The third kappa shape index (κ3) is 2.84. The number of aromatic hydroxyl groups is 1. The average Bonchev–Trinajstić information content (AvgIpc) is 2.22. The van der Waals surface area contributed by atoms with Crippen molar-refractivity contribution in [1.29, 1.82) is 5.26 Å². The molecular weight excluding hydrogens is 224 g/mol. The number of esters is 1. The van der Waals surface area contributed by atoms with Crippen LogP contribution >= 0.6 is 0 Å². The molecule has 6 heteroatoms. The first-order chi connectivity index (χ1) is 7.97. The number of rotatable bonds is 3. The number of ether oxygens (including phenoxy) is 1. The van der Waals surface area contributed by atoms with Crippen LogP contribution in [0.25, 0.3) is 0 Å². The van der Waals surface area contributed by atoms with E-state index >= 15 is 0 Å². The third-order valence-electron chi connectivity index (χ3n) is 2.21. The second-order valence-corrected chi connectivity index (χ2v) is 3.47. The van der Waals surface area contributed by atoms with Gasteiger partial charge in [-0.05, 0) is 12.5 Å². The summed E-state index contributed by atoms with van der Waals surface area (Å²) < 4.78 is 5.66. The summed E-state index contributed by atoms with van der Waals surface area (Å²) in [6, 6.07) is 3.11. The van der Waals surface area contributed by atoms with E-state index in [9.17, 15) is 14.7 Å². The van der Waals surface area contributed by atoms with E-state index in [2.05, 4.69) is 4.74 Å². The minimum atomic E-state index is -0.586. The van der Waals surface area contributed by atoms with Gasteiger partial charge in [0.1, 0.15) is 18.2 Å². The molecule has 0 amide bonds. The number of carbonyl (C=O) groups is 1. The van der Waals surface area contributed by atoms with E-state index in [1.807, 2.05) is 0 Å². The molecule has 1 aromatic heterocycles. The van der Waals surface area contributed by atoms with E-state index in [1.54, 1.807) is 13.0 Å². The Morgan fingerprint density at radius 2 is 2.29 bits per heavy atom. The van der Waals surface area contributed by atoms with Crippen LogP contribution in [0.3, 0.4) is 0 Å². The highest BCUT2D eigenvalue weighted by atomic mass is 16.5. The number of carbonyl (C=O) groups excluding carboxylic acids is 1. The smallest absolute Gasteiger partial charge is 0.302 e. The van der Waals surface area contributed by atoms with Gasteiger partial charge in [0.05, 0.1) is 6.54 Å². The second-order valence-electron chi connectivity index (χ2n) is 3.47. The Kier molecular flexibility index (Phi) is 3.88. The minimum absolute atomic E-state index is 0.0131. The van der Waals surface area contributed by atoms with Gasteiger partial charge in [0.25, 0.3) is 5.56 Å². The highest BCUT2D eigenvalue weighted by Crippen LogP contribution is 2.11. The molecule has 0 unspecified atom stereocenters. The normalized spacial score (nSPS) is 9.71. The monoisotopic (exact) mass is 236 g/mol. The minimum Gasteiger partial charge on any atom is -0.494 e. The lowest BCUT2D eigenvalue weighted by atomic mass is 10.2. The number of nitriles is 1. The lowest BCUT2D eigenvalue weighted by Crippen LogP contribution is -2.25.